The molecular weight excluding hydrogens is 198 g/mol. The summed E-state index contributed by atoms with van der Waals surface area (Å²) in [7, 11) is 0. The third-order valence-corrected chi connectivity index (χ3v) is 3.67. The average Bonchev–Trinajstić information content (AvgIpc) is 2.45. The van der Waals surface area contributed by atoms with Crippen molar-refractivity contribution in [1.29, 1.82) is 0 Å². The molecule has 0 radical (unpaired) electrons. The van der Waals surface area contributed by atoms with Crippen LogP contribution >= 0.6 is 11.6 Å². The van der Waals surface area contributed by atoms with Crippen LogP contribution in [0.1, 0.15) is 32.4 Å². The van der Waals surface area contributed by atoms with Gasteiger partial charge >= 0.3 is 0 Å². The number of nitrogens with zero attached hydrogens (tertiary/aromatic N) is 2. The Kier molecular flexibility index (Phi) is 2.12. The van der Waals surface area contributed by atoms with Crippen LogP contribution in [0.2, 0.25) is 5.15 Å². The summed E-state index contributed by atoms with van der Waals surface area (Å²) in [6.45, 7) is 7.33. The second kappa shape index (κ2) is 2.97. The maximum absolute atomic E-state index is 6.06. The Bertz CT molecular complexity index is 356. The number of hydrogen-bond acceptors (Lipinski definition) is 2. The highest BCUT2D eigenvalue weighted by atomic mass is 35.5. The third-order valence-electron chi connectivity index (χ3n) is 3.38. The first-order valence-electron chi connectivity index (χ1n) is 4.96. The Morgan fingerprint density at radius 3 is 2.64 bits per heavy atom. The molecule has 78 valence electrons. The fourth-order valence-corrected chi connectivity index (χ4v) is 2.40. The van der Waals surface area contributed by atoms with Crippen LogP contribution in [0.4, 0.5) is 0 Å². The summed E-state index contributed by atoms with van der Waals surface area (Å²) in [5, 5.41) is 0.609. The molecule has 4 heteroatoms. The van der Waals surface area contributed by atoms with Crippen molar-refractivity contribution >= 4 is 11.6 Å². The Hall–Kier alpha value is -0.540. The minimum Gasteiger partial charge on any atom is -0.333 e. The van der Waals surface area contributed by atoms with Gasteiger partial charge < -0.3 is 10.3 Å². The molecule has 0 spiro atoms. The number of aryl methyl sites for hydroxylation is 1. The molecule has 0 amide bonds. The van der Waals surface area contributed by atoms with E-state index in [2.05, 4.69) is 30.3 Å². The number of rotatable bonds is 2. The first kappa shape index (κ1) is 9.99. The van der Waals surface area contributed by atoms with Crippen LogP contribution in [0.15, 0.2) is 6.33 Å². The van der Waals surface area contributed by atoms with E-state index in [9.17, 15) is 0 Å². The zero-order valence-corrected chi connectivity index (χ0v) is 9.54. The van der Waals surface area contributed by atoms with E-state index < -0.39 is 0 Å². The number of imidazole rings is 1. The lowest BCUT2D eigenvalue weighted by molar-refractivity contribution is 0.583. The maximum atomic E-state index is 6.06. The summed E-state index contributed by atoms with van der Waals surface area (Å²) in [5.41, 5.74) is 7.29. The van der Waals surface area contributed by atoms with Crippen LogP contribution in [0.5, 0.6) is 0 Å². The summed E-state index contributed by atoms with van der Waals surface area (Å²) in [6, 6.07) is 0.210. The normalized spacial score (nSPS) is 29.2. The van der Waals surface area contributed by atoms with Gasteiger partial charge in [-0.3, -0.25) is 0 Å². The lowest BCUT2D eigenvalue weighted by Crippen LogP contribution is -2.07. The molecule has 0 aromatic carbocycles. The van der Waals surface area contributed by atoms with Gasteiger partial charge in [-0.15, -0.1) is 0 Å². The van der Waals surface area contributed by atoms with Crippen molar-refractivity contribution in [3.8, 4) is 0 Å². The summed E-state index contributed by atoms with van der Waals surface area (Å²) in [6.07, 6.45) is 1.79. The first-order valence-corrected chi connectivity index (χ1v) is 5.34. The van der Waals surface area contributed by atoms with Gasteiger partial charge in [0, 0.05) is 18.5 Å². The molecule has 2 atom stereocenters. The third kappa shape index (κ3) is 1.19. The van der Waals surface area contributed by atoms with Crippen molar-refractivity contribution in [2.45, 2.75) is 39.3 Å². The zero-order valence-electron chi connectivity index (χ0n) is 8.79. The fourth-order valence-electron chi connectivity index (χ4n) is 2.13. The molecule has 14 heavy (non-hydrogen) atoms. The molecule has 1 aliphatic rings. The largest absolute Gasteiger partial charge is 0.333 e. The summed E-state index contributed by atoms with van der Waals surface area (Å²) in [5.74, 6) is 0.359. The predicted molar refractivity (Wildman–Crippen MR) is 57.4 cm³/mol. The van der Waals surface area contributed by atoms with Crippen LogP contribution in [-0.4, -0.2) is 15.6 Å². The van der Waals surface area contributed by atoms with Gasteiger partial charge in [-0.2, -0.15) is 0 Å². The molecule has 2 N–H and O–H groups in total. The van der Waals surface area contributed by atoms with Crippen molar-refractivity contribution in [2.75, 3.05) is 0 Å². The van der Waals surface area contributed by atoms with Gasteiger partial charge in [0.2, 0.25) is 0 Å². The Labute approximate surface area is 89.3 Å². The van der Waals surface area contributed by atoms with Crippen LogP contribution in [-0.2, 0) is 6.54 Å². The molecule has 1 heterocycles. The monoisotopic (exact) mass is 213 g/mol. The molecule has 3 nitrogen and oxygen atoms in total. The van der Waals surface area contributed by atoms with E-state index >= 15 is 0 Å². The topological polar surface area (TPSA) is 43.8 Å². The molecular formula is C10H16ClN3. The molecule has 2 rings (SSSR count). The highest BCUT2D eigenvalue weighted by Crippen LogP contribution is 2.58. The molecule has 1 aromatic heterocycles. The quantitative estimate of drug-likeness (QED) is 0.817. The van der Waals surface area contributed by atoms with Crippen LogP contribution in [0.25, 0.3) is 0 Å². The Morgan fingerprint density at radius 1 is 1.64 bits per heavy atom. The lowest BCUT2D eigenvalue weighted by Gasteiger charge is -2.06. The van der Waals surface area contributed by atoms with Gasteiger partial charge in [0.1, 0.15) is 0 Å². The molecule has 1 saturated carbocycles. The van der Waals surface area contributed by atoms with Crippen LogP contribution in [0.3, 0.4) is 0 Å². The molecule has 1 aliphatic carbocycles. The van der Waals surface area contributed by atoms with Gasteiger partial charge in [-0.25, -0.2) is 4.98 Å². The highest BCUT2D eigenvalue weighted by Gasteiger charge is 2.58. The van der Waals surface area contributed by atoms with E-state index in [4.69, 9.17) is 17.3 Å². The second-order valence-corrected chi connectivity index (χ2v) is 4.89. The molecule has 0 bridgehead atoms. The molecule has 0 aliphatic heterocycles. The predicted octanol–water partition coefficient (Wildman–Crippen LogP) is 2.01. The molecule has 1 aromatic rings. The van der Waals surface area contributed by atoms with E-state index in [0.717, 1.165) is 12.2 Å². The number of aromatic nitrogens is 2. The Balaban J connectivity index is 2.38. The van der Waals surface area contributed by atoms with Crippen molar-refractivity contribution < 1.29 is 0 Å². The van der Waals surface area contributed by atoms with Gasteiger partial charge in [-0.05, 0) is 12.3 Å². The fraction of sp³-hybridized carbons (Fsp3) is 0.700. The van der Waals surface area contributed by atoms with Gasteiger partial charge in [0.25, 0.3) is 0 Å². The van der Waals surface area contributed by atoms with Crippen molar-refractivity contribution in [1.82, 2.24) is 9.55 Å². The van der Waals surface area contributed by atoms with E-state index in [1.165, 1.54) is 0 Å². The minimum absolute atomic E-state index is 0.163. The zero-order chi connectivity index (χ0) is 10.5. The molecule has 0 saturated heterocycles. The van der Waals surface area contributed by atoms with E-state index in [0.29, 0.717) is 11.1 Å². The number of halogens is 1. The maximum Gasteiger partial charge on any atom is 0.150 e. The number of hydrogen-bond donors (Lipinski definition) is 1. The Morgan fingerprint density at radius 2 is 2.21 bits per heavy atom. The molecule has 2 unspecified atom stereocenters. The SMILES string of the molecule is CCn1cnc(Cl)c1C1C(N)C1(C)C. The van der Waals surface area contributed by atoms with E-state index in [-0.39, 0.29) is 11.5 Å². The van der Waals surface area contributed by atoms with E-state index in [1.807, 2.05) is 0 Å². The van der Waals surface area contributed by atoms with E-state index in [1.54, 1.807) is 6.33 Å². The second-order valence-electron chi connectivity index (χ2n) is 4.53. The summed E-state index contributed by atoms with van der Waals surface area (Å²) >= 11 is 6.06. The summed E-state index contributed by atoms with van der Waals surface area (Å²) < 4.78 is 2.08. The summed E-state index contributed by atoms with van der Waals surface area (Å²) in [4.78, 5) is 4.12. The lowest BCUT2D eigenvalue weighted by atomic mass is 10.1. The van der Waals surface area contributed by atoms with Crippen LogP contribution in [0, 0.1) is 5.41 Å². The average molecular weight is 214 g/mol. The highest BCUT2D eigenvalue weighted by molar-refractivity contribution is 6.30. The minimum atomic E-state index is 0.163. The van der Waals surface area contributed by atoms with Crippen molar-refractivity contribution in [2.24, 2.45) is 11.1 Å². The van der Waals surface area contributed by atoms with Crippen LogP contribution < -0.4 is 5.73 Å². The number of nitrogens with two attached hydrogens (primary N) is 1. The smallest absolute Gasteiger partial charge is 0.150 e. The van der Waals surface area contributed by atoms with Crippen molar-refractivity contribution in [3.63, 3.8) is 0 Å². The van der Waals surface area contributed by atoms with Gasteiger partial charge in [0.15, 0.2) is 5.15 Å². The van der Waals surface area contributed by atoms with Gasteiger partial charge in [0.05, 0.1) is 12.0 Å². The van der Waals surface area contributed by atoms with Gasteiger partial charge in [-0.1, -0.05) is 25.4 Å². The standard InChI is InChI=1S/C10H16ClN3/c1-4-14-5-13-9(11)7(14)6-8(12)10(6,2)3/h5-6,8H,4,12H2,1-3H3. The van der Waals surface area contributed by atoms with Crippen molar-refractivity contribution in [3.05, 3.63) is 17.2 Å². The first-order chi connectivity index (χ1) is 6.50. The molecule has 1 fully saturated rings.